The van der Waals surface area contributed by atoms with E-state index >= 15 is 0 Å². The lowest BCUT2D eigenvalue weighted by molar-refractivity contribution is -0.140. The van der Waals surface area contributed by atoms with Gasteiger partial charge in [0.05, 0.1) is 7.11 Å². The maximum Gasteiger partial charge on any atom is 0.305 e. The van der Waals surface area contributed by atoms with E-state index in [0.717, 1.165) is 24.8 Å². The molecule has 1 aromatic rings. The molecule has 6 heteroatoms. The first kappa shape index (κ1) is 18.3. The number of hydrogen-bond donors (Lipinski definition) is 1. The molecule has 22 heavy (non-hydrogen) atoms. The number of ether oxygens (including phenoxy) is 2. The van der Waals surface area contributed by atoms with Gasteiger partial charge in [-0.1, -0.05) is 18.0 Å². The van der Waals surface area contributed by atoms with E-state index in [9.17, 15) is 9.59 Å². The van der Waals surface area contributed by atoms with Crippen LogP contribution in [0.5, 0.6) is 5.75 Å². The van der Waals surface area contributed by atoms with Crippen molar-refractivity contribution in [3.8, 4) is 5.75 Å². The molecular weight excluding hydrogens is 306 g/mol. The number of halogens is 1. The Bertz CT molecular complexity index is 505. The normalized spacial score (nSPS) is 10.1. The lowest BCUT2D eigenvalue weighted by Gasteiger charge is -2.08. The van der Waals surface area contributed by atoms with Crippen LogP contribution in [0.4, 0.5) is 0 Å². The maximum absolute atomic E-state index is 11.6. The van der Waals surface area contributed by atoms with Crippen LogP contribution in [0.25, 0.3) is 0 Å². The number of nitrogens with one attached hydrogen (secondary N) is 1. The molecule has 1 rings (SSSR count). The highest BCUT2D eigenvalue weighted by atomic mass is 35.5. The van der Waals surface area contributed by atoms with Gasteiger partial charge in [-0.2, -0.15) is 0 Å². The first-order valence-corrected chi connectivity index (χ1v) is 7.63. The molecule has 122 valence electrons. The minimum Gasteiger partial charge on any atom is -0.484 e. The minimum atomic E-state index is -0.198. The molecule has 0 saturated heterocycles. The highest BCUT2D eigenvalue weighted by molar-refractivity contribution is 6.31. The van der Waals surface area contributed by atoms with Crippen LogP contribution < -0.4 is 10.1 Å². The number of benzene rings is 1. The van der Waals surface area contributed by atoms with Crippen molar-refractivity contribution in [1.29, 1.82) is 0 Å². The van der Waals surface area contributed by atoms with Crippen molar-refractivity contribution >= 4 is 23.5 Å². The number of amides is 1. The van der Waals surface area contributed by atoms with Crippen molar-refractivity contribution in [3.05, 3.63) is 28.8 Å². The van der Waals surface area contributed by atoms with Crippen molar-refractivity contribution in [1.82, 2.24) is 5.32 Å². The van der Waals surface area contributed by atoms with Crippen LogP contribution in [-0.2, 0) is 14.3 Å². The Labute approximate surface area is 135 Å². The lowest BCUT2D eigenvalue weighted by Crippen LogP contribution is -2.29. The standard InChI is InChI=1S/C16H22ClNO4/c1-12-10-13(7-8-14(12)17)22-11-15(19)18-9-5-3-4-6-16(20)21-2/h7-8,10H,3-6,9,11H2,1-2H3,(H,18,19). The fourth-order valence-corrected chi connectivity index (χ4v) is 1.93. The highest BCUT2D eigenvalue weighted by Gasteiger charge is 2.04. The summed E-state index contributed by atoms with van der Waals surface area (Å²) in [6, 6.07) is 5.27. The van der Waals surface area contributed by atoms with Gasteiger partial charge >= 0.3 is 5.97 Å². The van der Waals surface area contributed by atoms with Crippen LogP contribution in [0, 0.1) is 6.92 Å². The van der Waals surface area contributed by atoms with E-state index in [4.69, 9.17) is 16.3 Å². The van der Waals surface area contributed by atoms with Gasteiger partial charge in [-0.25, -0.2) is 0 Å². The summed E-state index contributed by atoms with van der Waals surface area (Å²) in [7, 11) is 1.38. The third kappa shape index (κ3) is 7.31. The van der Waals surface area contributed by atoms with Gasteiger partial charge in [0.2, 0.25) is 0 Å². The Balaban J connectivity index is 2.11. The Morgan fingerprint density at radius 3 is 2.68 bits per heavy atom. The number of hydrogen-bond acceptors (Lipinski definition) is 4. The van der Waals surface area contributed by atoms with Crippen LogP contribution in [0.1, 0.15) is 31.2 Å². The molecule has 1 amide bonds. The smallest absolute Gasteiger partial charge is 0.305 e. The monoisotopic (exact) mass is 327 g/mol. The zero-order valence-corrected chi connectivity index (χ0v) is 13.7. The summed E-state index contributed by atoms with van der Waals surface area (Å²) in [6.45, 7) is 2.43. The van der Waals surface area contributed by atoms with Gasteiger partial charge in [0.1, 0.15) is 5.75 Å². The van der Waals surface area contributed by atoms with E-state index in [0.29, 0.717) is 23.7 Å². The average molecular weight is 328 g/mol. The maximum atomic E-state index is 11.6. The fourth-order valence-electron chi connectivity index (χ4n) is 1.81. The highest BCUT2D eigenvalue weighted by Crippen LogP contribution is 2.20. The molecular formula is C16H22ClNO4. The molecule has 0 aliphatic carbocycles. The Kier molecular flexibility index (Phi) is 8.36. The summed E-state index contributed by atoms with van der Waals surface area (Å²) in [5.74, 6) is 0.256. The van der Waals surface area contributed by atoms with Gasteiger partial charge in [-0.15, -0.1) is 0 Å². The summed E-state index contributed by atoms with van der Waals surface area (Å²) in [4.78, 5) is 22.5. The van der Waals surface area contributed by atoms with Gasteiger partial charge in [-0.05, 0) is 43.5 Å². The van der Waals surface area contributed by atoms with E-state index < -0.39 is 0 Å². The van der Waals surface area contributed by atoms with Gasteiger partial charge in [0, 0.05) is 18.0 Å². The average Bonchev–Trinajstić information content (AvgIpc) is 2.51. The van der Waals surface area contributed by atoms with Crippen LogP contribution in [-0.4, -0.2) is 32.1 Å². The number of carbonyl (C=O) groups excluding carboxylic acids is 2. The third-order valence-electron chi connectivity index (χ3n) is 3.11. The van der Waals surface area contributed by atoms with Gasteiger partial charge in [0.15, 0.2) is 6.61 Å². The van der Waals surface area contributed by atoms with Crippen LogP contribution in [0.3, 0.4) is 0 Å². The van der Waals surface area contributed by atoms with Crippen molar-refractivity contribution in [2.75, 3.05) is 20.3 Å². The summed E-state index contributed by atoms with van der Waals surface area (Å²) >= 11 is 5.92. The number of methoxy groups -OCH3 is 1. The third-order valence-corrected chi connectivity index (χ3v) is 3.53. The summed E-state index contributed by atoms with van der Waals surface area (Å²) in [6.07, 6.45) is 2.88. The molecule has 0 saturated carbocycles. The molecule has 1 N–H and O–H groups in total. The van der Waals surface area contributed by atoms with Crippen molar-refractivity contribution < 1.29 is 19.1 Å². The number of aryl methyl sites for hydroxylation is 1. The molecule has 0 heterocycles. The molecule has 0 aliphatic rings. The molecule has 0 spiro atoms. The molecule has 0 atom stereocenters. The summed E-state index contributed by atoms with van der Waals surface area (Å²) < 4.78 is 9.95. The Morgan fingerprint density at radius 1 is 1.23 bits per heavy atom. The van der Waals surface area contributed by atoms with Crippen LogP contribution in [0.2, 0.25) is 5.02 Å². The molecule has 0 aliphatic heterocycles. The van der Waals surface area contributed by atoms with E-state index in [1.54, 1.807) is 18.2 Å². The fraction of sp³-hybridized carbons (Fsp3) is 0.500. The molecule has 0 unspecified atom stereocenters. The predicted octanol–water partition coefficient (Wildman–Crippen LogP) is 2.88. The van der Waals surface area contributed by atoms with E-state index in [-0.39, 0.29) is 18.5 Å². The van der Waals surface area contributed by atoms with Crippen molar-refractivity contribution in [3.63, 3.8) is 0 Å². The number of carbonyl (C=O) groups is 2. The Hall–Kier alpha value is -1.75. The van der Waals surface area contributed by atoms with E-state index in [1.807, 2.05) is 6.92 Å². The second kappa shape index (κ2) is 10.1. The first-order chi connectivity index (χ1) is 10.5. The Morgan fingerprint density at radius 2 is 2.00 bits per heavy atom. The van der Waals surface area contributed by atoms with Crippen LogP contribution >= 0.6 is 11.6 Å². The first-order valence-electron chi connectivity index (χ1n) is 7.25. The number of unbranched alkanes of at least 4 members (excludes halogenated alkanes) is 2. The van der Waals surface area contributed by atoms with E-state index in [1.165, 1.54) is 7.11 Å². The lowest BCUT2D eigenvalue weighted by atomic mass is 10.2. The predicted molar refractivity (Wildman–Crippen MR) is 85.2 cm³/mol. The zero-order chi connectivity index (χ0) is 16.4. The summed E-state index contributed by atoms with van der Waals surface area (Å²) in [5.41, 5.74) is 0.908. The van der Waals surface area contributed by atoms with Crippen molar-refractivity contribution in [2.24, 2.45) is 0 Å². The second-order valence-electron chi connectivity index (χ2n) is 4.94. The largest absolute Gasteiger partial charge is 0.484 e. The van der Waals surface area contributed by atoms with E-state index in [2.05, 4.69) is 10.1 Å². The SMILES string of the molecule is COC(=O)CCCCCNC(=O)COc1ccc(Cl)c(C)c1. The molecule has 0 bridgehead atoms. The number of rotatable bonds is 9. The van der Waals surface area contributed by atoms with Crippen molar-refractivity contribution in [2.45, 2.75) is 32.6 Å². The topological polar surface area (TPSA) is 64.6 Å². The molecule has 5 nitrogen and oxygen atoms in total. The van der Waals surface area contributed by atoms with Gasteiger partial charge in [0.25, 0.3) is 5.91 Å². The van der Waals surface area contributed by atoms with Crippen LogP contribution in [0.15, 0.2) is 18.2 Å². The molecule has 0 radical (unpaired) electrons. The number of esters is 1. The second-order valence-corrected chi connectivity index (χ2v) is 5.34. The van der Waals surface area contributed by atoms with Gasteiger partial charge < -0.3 is 14.8 Å². The quantitative estimate of drug-likeness (QED) is 0.559. The minimum absolute atomic E-state index is 0.0246. The molecule has 0 fully saturated rings. The molecule has 0 aromatic heterocycles. The molecule has 1 aromatic carbocycles. The zero-order valence-electron chi connectivity index (χ0n) is 13.0. The summed E-state index contributed by atoms with van der Waals surface area (Å²) in [5, 5.41) is 3.44. The van der Waals surface area contributed by atoms with Gasteiger partial charge in [-0.3, -0.25) is 9.59 Å².